The molecule has 0 aromatic carbocycles. The summed E-state index contributed by atoms with van der Waals surface area (Å²) >= 11 is 1.27. The predicted octanol–water partition coefficient (Wildman–Crippen LogP) is 4.29. The lowest BCUT2D eigenvalue weighted by molar-refractivity contribution is -0.144. The number of carboxylic acids is 2. The van der Waals surface area contributed by atoms with Crippen LogP contribution in [0.15, 0.2) is 0 Å². The van der Waals surface area contributed by atoms with E-state index in [9.17, 15) is 48.3 Å². The zero-order chi connectivity index (χ0) is 51.3. The average molecular weight is 1000 g/mol. The van der Waals surface area contributed by atoms with Crippen LogP contribution in [0.1, 0.15) is 161 Å². The third-order valence-electron chi connectivity index (χ3n) is 11.2. The van der Waals surface area contributed by atoms with Crippen molar-refractivity contribution >= 4 is 64.4 Å². The van der Waals surface area contributed by atoms with Gasteiger partial charge in [-0.2, -0.15) is 11.8 Å². The lowest BCUT2D eigenvalue weighted by atomic mass is 9.94. The van der Waals surface area contributed by atoms with E-state index in [0.29, 0.717) is 38.2 Å². The Morgan fingerprint density at radius 3 is 1.70 bits per heavy atom. The van der Waals surface area contributed by atoms with Crippen molar-refractivity contribution in [3.63, 3.8) is 0 Å². The molecular weight excluding hydrogens is 917 g/mol. The summed E-state index contributed by atoms with van der Waals surface area (Å²) in [6.07, 6.45) is 17.4. The summed E-state index contributed by atoms with van der Waals surface area (Å²) in [7, 11) is 0. The number of ether oxygens (including phenoxy) is 3. The first-order chi connectivity index (χ1) is 33.2. The van der Waals surface area contributed by atoms with Crippen molar-refractivity contribution in [2.75, 3.05) is 77.4 Å². The van der Waals surface area contributed by atoms with Crippen molar-refractivity contribution in [3.05, 3.63) is 0 Å². The lowest BCUT2D eigenvalue weighted by Gasteiger charge is -2.16. The number of rotatable bonds is 52. The second-order valence-electron chi connectivity index (χ2n) is 17.5. The Balaban J connectivity index is 3.75. The Morgan fingerprint density at radius 1 is 0.565 bits per heavy atom. The third kappa shape index (κ3) is 42.9. The molecule has 0 heterocycles. The van der Waals surface area contributed by atoms with Gasteiger partial charge in [0, 0.05) is 70.4 Å². The van der Waals surface area contributed by atoms with Crippen LogP contribution in [0.4, 0.5) is 0 Å². The molecule has 0 unspecified atom stereocenters. The number of amides is 2. The number of Topliss-reactive ketones (excluding diaryl/α,β-unsaturated/α-hetero) is 5. The highest BCUT2D eigenvalue weighted by molar-refractivity contribution is 8.00. The zero-order valence-electron chi connectivity index (χ0n) is 41.4. The predicted molar refractivity (Wildman–Crippen MR) is 263 cm³/mol. The summed E-state index contributed by atoms with van der Waals surface area (Å²) in [5.41, 5.74) is 5.47. The summed E-state index contributed by atoms with van der Waals surface area (Å²) in [4.78, 5) is 107. The molecule has 3 atom stereocenters. The van der Waals surface area contributed by atoms with E-state index in [2.05, 4.69) is 16.0 Å². The van der Waals surface area contributed by atoms with E-state index in [0.717, 1.165) is 44.9 Å². The monoisotopic (exact) mass is 1000 g/mol. The fraction of sp³-hybridized carbons (Fsp3) is 0.816. The Labute approximate surface area is 414 Å². The van der Waals surface area contributed by atoms with Gasteiger partial charge in [0.1, 0.15) is 24.0 Å². The molecule has 69 heavy (non-hydrogen) atoms. The molecule has 0 radical (unpaired) electrons. The number of carbonyl (C=O) groups is 9. The van der Waals surface area contributed by atoms with Gasteiger partial charge < -0.3 is 45.9 Å². The van der Waals surface area contributed by atoms with Crippen LogP contribution in [0.2, 0.25) is 0 Å². The highest BCUT2D eigenvalue weighted by Crippen LogP contribution is 2.17. The Hall–Kier alpha value is -3.66. The highest BCUT2D eigenvalue weighted by atomic mass is 32.2. The maximum atomic E-state index is 12.5. The topological polar surface area (TPSA) is 304 Å². The van der Waals surface area contributed by atoms with Crippen LogP contribution in [-0.2, 0) is 57.4 Å². The van der Waals surface area contributed by atoms with Crippen molar-refractivity contribution in [1.29, 1.82) is 0 Å². The van der Waals surface area contributed by atoms with E-state index in [1.807, 2.05) is 0 Å². The number of carbonyl (C=O) groups excluding carboxylic acids is 7. The summed E-state index contributed by atoms with van der Waals surface area (Å²) in [6.45, 7) is 2.30. The Morgan fingerprint density at radius 2 is 1.10 bits per heavy atom. The normalized spacial score (nSPS) is 12.5. The number of aliphatic hydroxyl groups excluding tert-OH is 1. The first-order valence-electron chi connectivity index (χ1n) is 25.1. The number of nitrogens with one attached hydrogen (secondary N) is 3. The highest BCUT2D eigenvalue weighted by Gasteiger charge is 2.22. The van der Waals surface area contributed by atoms with Crippen LogP contribution < -0.4 is 21.7 Å². The van der Waals surface area contributed by atoms with Gasteiger partial charge in [0.05, 0.1) is 63.3 Å². The minimum absolute atomic E-state index is 0.0128. The Kier molecular flexibility index (Phi) is 43.1. The van der Waals surface area contributed by atoms with Crippen LogP contribution in [0.5, 0.6) is 0 Å². The van der Waals surface area contributed by atoms with Gasteiger partial charge in [-0.05, 0) is 39.0 Å². The van der Waals surface area contributed by atoms with Gasteiger partial charge in [-0.1, -0.05) is 77.0 Å². The molecule has 20 heteroatoms. The smallest absolute Gasteiger partial charge is 0.306 e. The molecule has 0 aliphatic rings. The number of carboxylic acid groups (broad SMARTS) is 2. The van der Waals surface area contributed by atoms with E-state index in [1.54, 1.807) is 0 Å². The fourth-order valence-electron chi connectivity index (χ4n) is 6.92. The molecule has 0 aliphatic heterocycles. The number of thioether (sulfide) groups is 1. The van der Waals surface area contributed by atoms with Crippen molar-refractivity contribution in [2.24, 2.45) is 11.7 Å². The summed E-state index contributed by atoms with van der Waals surface area (Å²) in [6, 6.07) is -1.63. The van der Waals surface area contributed by atoms with Gasteiger partial charge >= 0.3 is 11.9 Å². The first-order valence-corrected chi connectivity index (χ1v) is 26.3. The number of nitrogens with two attached hydrogens (primary N) is 1. The summed E-state index contributed by atoms with van der Waals surface area (Å²) in [5, 5.41) is 35.5. The van der Waals surface area contributed by atoms with E-state index < -0.39 is 42.3 Å². The van der Waals surface area contributed by atoms with Gasteiger partial charge in [-0.3, -0.25) is 48.5 Å². The molecule has 0 aromatic heterocycles. The molecule has 2 amide bonds. The minimum atomic E-state index is -1.08. The average Bonchev–Trinajstić information content (AvgIpc) is 3.31. The number of ketones is 5. The number of hydrogen-bond donors (Lipinski definition) is 7. The molecule has 398 valence electrons. The van der Waals surface area contributed by atoms with Gasteiger partial charge in [0.15, 0.2) is 11.6 Å². The standard InChI is InChI=1S/C49H86N4O15S/c1-38(55)44(53-33-45(59)43(50)34-54)37-69-36-42(58)19-16-25-51-47(61)24-28-66-27-17-20-41(57)35-68-31-30-67-29-26-52-46(60)23-22-39(49(64)65)32-40(56)18-14-12-10-8-6-4-2-3-5-7-9-11-13-15-21-48(62)63/h39,43-44,53-54H,2-37,50H2,1H3,(H,51,61)(H,52,60)(H,62,63)(H,64,65)/t39-,43+,44+/m1/s1. The van der Waals surface area contributed by atoms with Crippen LogP contribution in [0, 0.1) is 5.92 Å². The van der Waals surface area contributed by atoms with Crippen molar-refractivity contribution in [1.82, 2.24) is 16.0 Å². The lowest BCUT2D eigenvalue weighted by Crippen LogP contribution is -2.46. The van der Waals surface area contributed by atoms with E-state index in [1.165, 1.54) is 63.6 Å². The maximum absolute atomic E-state index is 12.5. The van der Waals surface area contributed by atoms with Crippen molar-refractivity contribution < 1.29 is 72.7 Å². The van der Waals surface area contributed by atoms with Crippen LogP contribution >= 0.6 is 11.8 Å². The van der Waals surface area contributed by atoms with Crippen LogP contribution in [-0.4, -0.2) is 157 Å². The number of hydrogen-bond acceptors (Lipinski definition) is 16. The number of aliphatic hydroxyl groups is 1. The molecule has 0 bridgehead atoms. The molecule has 0 aliphatic carbocycles. The molecule has 0 saturated heterocycles. The summed E-state index contributed by atoms with van der Waals surface area (Å²) < 4.78 is 16.2. The van der Waals surface area contributed by atoms with Crippen LogP contribution in [0.3, 0.4) is 0 Å². The summed E-state index contributed by atoms with van der Waals surface area (Å²) in [5.74, 6) is -3.57. The van der Waals surface area contributed by atoms with Crippen LogP contribution in [0.25, 0.3) is 0 Å². The quantitative estimate of drug-likeness (QED) is 0.0418. The number of unbranched alkanes of at least 4 members (excludes halogenated alkanes) is 13. The van der Waals surface area contributed by atoms with Gasteiger partial charge in [-0.15, -0.1) is 0 Å². The molecule has 0 aromatic rings. The minimum Gasteiger partial charge on any atom is -0.481 e. The van der Waals surface area contributed by atoms with Crippen molar-refractivity contribution in [3.8, 4) is 0 Å². The molecule has 0 spiro atoms. The van der Waals surface area contributed by atoms with Crippen molar-refractivity contribution in [2.45, 2.75) is 173 Å². The van der Waals surface area contributed by atoms with Gasteiger partial charge in [0.25, 0.3) is 0 Å². The first kappa shape index (κ1) is 65.3. The molecule has 0 fully saturated rings. The van der Waals surface area contributed by atoms with Gasteiger partial charge in [0.2, 0.25) is 11.8 Å². The number of aliphatic carboxylic acids is 2. The van der Waals surface area contributed by atoms with E-state index in [-0.39, 0.29) is 132 Å². The maximum Gasteiger partial charge on any atom is 0.306 e. The largest absolute Gasteiger partial charge is 0.481 e. The third-order valence-corrected chi connectivity index (χ3v) is 12.3. The second kappa shape index (κ2) is 45.5. The molecule has 0 saturated carbocycles. The Bertz CT molecular complexity index is 1470. The molecule has 0 rings (SSSR count). The fourth-order valence-corrected chi connectivity index (χ4v) is 8.00. The zero-order valence-corrected chi connectivity index (χ0v) is 42.2. The molecule has 19 nitrogen and oxygen atoms in total. The van der Waals surface area contributed by atoms with Gasteiger partial charge in [-0.25, -0.2) is 0 Å². The van der Waals surface area contributed by atoms with E-state index in [4.69, 9.17) is 30.2 Å². The SMILES string of the molecule is CC(=O)[C@H](CSCC(=O)CCCNC(=O)CCOCCCC(=O)COCCOCCNC(=O)CC[C@H](CC(=O)CCCCCCCCCCCCCCCCC(=O)O)C(=O)O)NCC(=O)[C@@H](N)CO. The van der Waals surface area contributed by atoms with E-state index >= 15 is 0 Å². The molecular formula is C49H86N4O15S. The molecule has 8 N–H and O–H groups in total. The second-order valence-corrected chi connectivity index (χ2v) is 18.5.